The van der Waals surface area contributed by atoms with Crippen LogP contribution < -0.4 is 14.8 Å². The average molecular weight is 406 g/mol. The molecular formula is C16H15BrF3NO3. The molecule has 2 aromatic rings. The lowest BCUT2D eigenvalue weighted by Crippen LogP contribution is -2.61. The number of ether oxygens (including phenoxy) is 2. The zero-order chi connectivity index (χ0) is 17.4. The topological polar surface area (TPSA) is 43.6 Å². The van der Waals surface area contributed by atoms with Crippen LogP contribution in [0, 0.1) is 0 Å². The highest BCUT2D eigenvalue weighted by molar-refractivity contribution is 9.10. The first-order valence-electron chi connectivity index (χ1n) is 7.23. The molecule has 4 nitrogen and oxygen atoms in total. The van der Waals surface area contributed by atoms with Crippen molar-refractivity contribution in [2.24, 2.45) is 0 Å². The van der Waals surface area contributed by atoms with E-state index in [2.05, 4.69) is 21.2 Å². The molecule has 0 bridgehead atoms. The van der Waals surface area contributed by atoms with Gasteiger partial charge in [0.25, 0.3) is 0 Å². The second-order valence-corrected chi connectivity index (χ2v) is 6.71. The maximum atomic E-state index is 12.5. The molecule has 1 aromatic carbocycles. The van der Waals surface area contributed by atoms with Gasteiger partial charge in [0.2, 0.25) is 5.76 Å². The van der Waals surface area contributed by atoms with Crippen LogP contribution >= 0.6 is 15.9 Å². The summed E-state index contributed by atoms with van der Waals surface area (Å²) in [6.45, 7) is 3.28. The lowest BCUT2D eigenvalue weighted by atomic mass is 10.00. The minimum absolute atomic E-state index is 0.0905. The summed E-state index contributed by atoms with van der Waals surface area (Å²) < 4.78 is 54.8. The first kappa shape index (κ1) is 17.2. The van der Waals surface area contributed by atoms with Gasteiger partial charge in [-0.3, -0.25) is 0 Å². The predicted molar refractivity (Wildman–Crippen MR) is 84.1 cm³/mol. The Morgan fingerprint density at radius 1 is 1.21 bits per heavy atom. The molecular weight excluding hydrogens is 391 g/mol. The summed E-state index contributed by atoms with van der Waals surface area (Å²) in [5.74, 6) is 0.0152. The second kappa shape index (κ2) is 6.33. The highest BCUT2D eigenvalue weighted by Crippen LogP contribution is 2.35. The van der Waals surface area contributed by atoms with E-state index in [-0.39, 0.29) is 18.0 Å². The zero-order valence-electron chi connectivity index (χ0n) is 12.7. The highest BCUT2D eigenvalue weighted by atomic mass is 79.9. The van der Waals surface area contributed by atoms with Crippen molar-refractivity contribution in [2.75, 3.05) is 13.1 Å². The molecule has 0 amide bonds. The Hall–Kier alpha value is -1.67. The van der Waals surface area contributed by atoms with Gasteiger partial charge in [0.15, 0.2) is 11.5 Å². The Bertz CT molecular complexity index is 726. The monoisotopic (exact) mass is 405 g/mol. The molecule has 24 heavy (non-hydrogen) atoms. The third-order valence-electron chi connectivity index (χ3n) is 3.57. The van der Waals surface area contributed by atoms with E-state index in [0.29, 0.717) is 24.6 Å². The Labute approximate surface area is 145 Å². The number of rotatable bonds is 5. The van der Waals surface area contributed by atoms with Crippen LogP contribution in [0.25, 0.3) is 0 Å². The standard InChI is InChI=1S/C16H15BrF3NO3/c1-15(8-21-9-15)24-13-6-10(17)2-4-12(13)22-7-11-3-5-14(23-11)16(18,19)20/h2-6,21H,7-9H2,1H3. The van der Waals surface area contributed by atoms with Gasteiger partial charge in [0.1, 0.15) is 18.0 Å². The second-order valence-electron chi connectivity index (χ2n) is 5.80. The van der Waals surface area contributed by atoms with Crippen molar-refractivity contribution in [1.82, 2.24) is 5.32 Å². The van der Waals surface area contributed by atoms with Gasteiger partial charge < -0.3 is 19.2 Å². The van der Waals surface area contributed by atoms with Crippen LogP contribution in [0.2, 0.25) is 0 Å². The van der Waals surface area contributed by atoms with E-state index in [1.807, 2.05) is 6.92 Å². The van der Waals surface area contributed by atoms with E-state index in [1.54, 1.807) is 18.2 Å². The van der Waals surface area contributed by atoms with Crippen molar-refractivity contribution in [1.29, 1.82) is 0 Å². The van der Waals surface area contributed by atoms with Crippen LogP contribution in [-0.2, 0) is 12.8 Å². The molecule has 0 spiro atoms. The minimum Gasteiger partial charge on any atom is -0.482 e. The number of nitrogens with one attached hydrogen (secondary N) is 1. The van der Waals surface area contributed by atoms with E-state index in [0.717, 1.165) is 10.5 Å². The van der Waals surface area contributed by atoms with Gasteiger partial charge in [0, 0.05) is 17.6 Å². The minimum atomic E-state index is -4.50. The number of alkyl halides is 3. The molecule has 0 unspecified atom stereocenters. The summed E-state index contributed by atoms with van der Waals surface area (Å²) in [5, 5.41) is 3.13. The van der Waals surface area contributed by atoms with Gasteiger partial charge in [0.05, 0.1) is 0 Å². The molecule has 1 aliphatic heterocycles. The van der Waals surface area contributed by atoms with Crippen molar-refractivity contribution < 1.29 is 27.1 Å². The Kier molecular flexibility index (Phi) is 4.52. The molecule has 0 radical (unpaired) electrons. The molecule has 0 atom stereocenters. The fourth-order valence-electron chi connectivity index (χ4n) is 2.25. The van der Waals surface area contributed by atoms with Crippen LogP contribution in [0.4, 0.5) is 13.2 Å². The van der Waals surface area contributed by atoms with E-state index in [4.69, 9.17) is 13.9 Å². The first-order valence-corrected chi connectivity index (χ1v) is 8.02. The third-order valence-corrected chi connectivity index (χ3v) is 4.06. The quantitative estimate of drug-likeness (QED) is 0.801. The Morgan fingerprint density at radius 3 is 2.54 bits per heavy atom. The number of hydrogen-bond acceptors (Lipinski definition) is 4. The maximum Gasteiger partial charge on any atom is 0.449 e. The van der Waals surface area contributed by atoms with E-state index < -0.39 is 11.9 Å². The maximum absolute atomic E-state index is 12.5. The van der Waals surface area contributed by atoms with Crippen molar-refractivity contribution >= 4 is 15.9 Å². The van der Waals surface area contributed by atoms with Crippen molar-refractivity contribution in [3.63, 3.8) is 0 Å². The van der Waals surface area contributed by atoms with Crippen LogP contribution in [-0.4, -0.2) is 18.7 Å². The van der Waals surface area contributed by atoms with Gasteiger partial charge >= 0.3 is 6.18 Å². The SMILES string of the molecule is CC1(Oc2cc(Br)ccc2OCc2ccc(C(F)(F)F)o2)CNC1. The predicted octanol–water partition coefficient (Wildman–Crippen LogP) is 4.38. The third kappa shape index (κ3) is 3.87. The van der Waals surface area contributed by atoms with Crippen molar-refractivity contribution in [3.8, 4) is 11.5 Å². The summed E-state index contributed by atoms with van der Waals surface area (Å²) in [6.07, 6.45) is -4.50. The zero-order valence-corrected chi connectivity index (χ0v) is 14.3. The number of hydrogen-bond donors (Lipinski definition) is 1. The van der Waals surface area contributed by atoms with Gasteiger partial charge in [-0.1, -0.05) is 15.9 Å². The normalized spacial score (nSPS) is 16.5. The lowest BCUT2D eigenvalue weighted by Gasteiger charge is -2.39. The van der Waals surface area contributed by atoms with Crippen LogP contribution in [0.15, 0.2) is 39.2 Å². The number of halogens is 4. The molecule has 1 saturated heterocycles. The summed E-state index contributed by atoms with van der Waals surface area (Å²) in [4.78, 5) is 0. The van der Waals surface area contributed by atoms with Gasteiger partial charge in [-0.25, -0.2) is 0 Å². The summed E-state index contributed by atoms with van der Waals surface area (Å²) >= 11 is 3.37. The summed E-state index contributed by atoms with van der Waals surface area (Å²) in [5.41, 5.74) is -0.326. The van der Waals surface area contributed by atoms with Gasteiger partial charge in [-0.2, -0.15) is 13.2 Å². The first-order chi connectivity index (χ1) is 11.3. The van der Waals surface area contributed by atoms with Crippen LogP contribution in [0.1, 0.15) is 18.4 Å². The van der Waals surface area contributed by atoms with E-state index in [9.17, 15) is 13.2 Å². The van der Waals surface area contributed by atoms with Crippen molar-refractivity contribution in [3.05, 3.63) is 46.3 Å². The Morgan fingerprint density at radius 2 is 1.96 bits per heavy atom. The van der Waals surface area contributed by atoms with Crippen LogP contribution in [0.5, 0.6) is 11.5 Å². The summed E-state index contributed by atoms with van der Waals surface area (Å²) in [6, 6.07) is 7.37. The number of benzene rings is 1. The summed E-state index contributed by atoms with van der Waals surface area (Å²) in [7, 11) is 0. The lowest BCUT2D eigenvalue weighted by molar-refractivity contribution is -0.153. The van der Waals surface area contributed by atoms with E-state index in [1.165, 1.54) is 6.07 Å². The fourth-order valence-corrected chi connectivity index (χ4v) is 2.59. The molecule has 1 aromatic heterocycles. The Balaban J connectivity index is 1.71. The fraction of sp³-hybridized carbons (Fsp3) is 0.375. The molecule has 1 fully saturated rings. The molecule has 130 valence electrons. The molecule has 1 N–H and O–H groups in total. The number of furan rings is 1. The molecule has 2 heterocycles. The average Bonchev–Trinajstić information content (AvgIpc) is 2.94. The molecule has 3 rings (SSSR count). The molecule has 1 aliphatic rings. The molecule has 0 saturated carbocycles. The molecule has 0 aliphatic carbocycles. The smallest absolute Gasteiger partial charge is 0.449 e. The van der Waals surface area contributed by atoms with E-state index >= 15 is 0 Å². The van der Waals surface area contributed by atoms with Gasteiger partial charge in [-0.15, -0.1) is 0 Å². The highest BCUT2D eigenvalue weighted by Gasteiger charge is 2.35. The van der Waals surface area contributed by atoms with Crippen molar-refractivity contribution in [2.45, 2.75) is 25.3 Å². The largest absolute Gasteiger partial charge is 0.482 e. The van der Waals surface area contributed by atoms with Crippen LogP contribution in [0.3, 0.4) is 0 Å². The molecule has 8 heteroatoms. The van der Waals surface area contributed by atoms with Gasteiger partial charge in [-0.05, 0) is 37.3 Å².